The monoisotopic (exact) mass is 277 g/mol. The molecule has 2 aromatic rings. The van der Waals surface area contributed by atoms with E-state index >= 15 is 0 Å². The molecule has 0 aliphatic carbocycles. The molecule has 1 heterocycles. The molecule has 0 amide bonds. The maximum Gasteiger partial charge on any atom is 0.195 e. The molecule has 0 aliphatic heterocycles. The van der Waals surface area contributed by atoms with E-state index in [-0.39, 0.29) is 0 Å². The number of para-hydroxylation sites is 1. The molecule has 4 nitrogen and oxygen atoms in total. The first-order valence-corrected chi connectivity index (χ1v) is 6.88. The van der Waals surface area contributed by atoms with Crippen molar-refractivity contribution in [1.29, 1.82) is 0 Å². The van der Waals surface area contributed by atoms with E-state index in [4.69, 9.17) is 17.0 Å². The number of H-pyrrole nitrogens is 1. The fourth-order valence-corrected chi connectivity index (χ4v) is 2.27. The number of ether oxygens (including phenoxy) is 1. The van der Waals surface area contributed by atoms with Crippen molar-refractivity contribution in [3.63, 3.8) is 0 Å². The molecular weight excluding hydrogens is 258 g/mol. The van der Waals surface area contributed by atoms with Crippen LogP contribution in [0.4, 0.5) is 0 Å². The summed E-state index contributed by atoms with van der Waals surface area (Å²) in [6.45, 7) is 6.71. The van der Waals surface area contributed by atoms with Crippen LogP contribution in [0, 0.1) is 11.7 Å². The molecule has 1 unspecified atom stereocenters. The van der Waals surface area contributed by atoms with Crippen LogP contribution < -0.4 is 4.74 Å². The summed E-state index contributed by atoms with van der Waals surface area (Å²) < 4.78 is 8.49. The zero-order valence-electron chi connectivity index (χ0n) is 11.5. The van der Waals surface area contributed by atoms with Gasteiger partial charge in [0.05, 0.1) is 0 Å². The topological polar surface area (TPSA) is 42.8 Å². The molecule has 102 valence electrons. The maximum atomic E-state index is 5.82. The van der Waals surface area contributed by atoms with Gasteiger partial charge in [0.15, 0.2) is 10.6 Å². The van der Waals surface area contributed by atoms with E-state index in [1.807, 2.05) is 35.8 Å². The Balaban J connectivity index is 2.17. The third-order valence-corrected chi connectivity index (χ3v) is 3.55. The molecule has 0 spiro atoms. The summed E-state index contributed by atoms with van der Waals surface area (Å²) in [6.07, 6.45) is 1.01. The highest BCUT2D eigenvalue weighted by molar-refractivity contribution is 7.71. The van der Waals surface area contributed by atoms with Gasteiger partial charge in [0, 0.05) is 6.04 Å². The van der Waals surface area contributed by atoms with Gasteiger partial charge in [-0.1, -0.05) is 25.1 Å². The number of benzene rings is 1. The summed E-state index contributed by atoms with van der Waals surface area (Å²) in [6, 6.07) is 8.28. The van der Waals surface area contributed by atoms with Crippen LogP contribution in [0.25, 0.3) is 0 Å². The SMILES string of the molecule is CCC(C)n1c(COc2ccccc2C)n[nH]c1=S. The maximum absolute atomic E-state index is 5.82. The Morgan fingerprint density at radius 1 is 1.42 bits per heavy atom. The molecule has 0 bridgehead atoms. The predicted octanol–water partition coefficient (Wildman–Crippen LogP) is 3.80. The van der Waals surface area contributed by atoms with Crippen molar-refractivity contribution in [2.24, 2.45) is 0 Å². The zero-order chi connectivity index (χ0) is 13.8. The Kier molecular flexibility index (Phi) is 4.37. The van der Waals surface area contributed by atoms with Gasteiger partial charge in [-0.05, 0) is 44.1 Å². The molecule has 19 heavy (non-hydrogen) atoms. The lowest BCUT2D eigenvalue weighted by Gasteiger charge is -2.14. The predicted molar refractivity (Wildman–Crippen MR) is 77.9 cm³/mol. The van der Waals surface area contributed by atoms with Gasteiger partial charge >= 0.3 is 0 Å². The minimum Gasteiger partial charge on any atom is -0.485 e. The van der Waals surface area contributed by atoms with Crippen LogP contribution in [0.1, 0.15) is 37.7 Å². The van der Waals surface area contributed by atoms with E-state index in [2.05, 4.69) is 24.0 Å². The second-order valence-electron chi connectivity index (χ2n) is 4.63. The van der Waals surface area contributed by atoms with Gasteiger partial charge in [-0.25, -0.2) is 0 Å². The first-order chi connectivity index (χ1) is 9.13. The molecule has 0 fully saturated rings. The van der Waals surface area contributed by atoms with Crippen LogP contribution in [0.5, 0.6) is 5.75 Å². The van der Waals surface area contributed by atoms with Crippen molar-refractivity contribution in [3.8, 4) is 5.75 Å². The fraction of sp³-hybridized carbons (Fsp3) is 0.429. The summed E-state index contributed by atoms with van der Waals surface area (Å²) >= 11 is 5.26. The van der Waals surface area contributed by atoms with Crippen molar-refractivity contribution < 1.29 is 4.74 Å². The van der Waals surface area contributed by atoms with Crippen molar-refractivity contribution >= 4 is 12.2 Å². The number of rotatable bonds is 5. The molecule has 1 aromatic heterocycles. The van der Waals surface area contributed by atoms with Crippen LogP contribution in [0.15, 0.2) is 24.3 Å². The molecule has 5 heteroatoms. The molecular formula is C14H19N3OS. The van der Waals surface area contributed by atoms with Gasteiger partial charge in [-0.2, -0.15) is 5.10 Å². The van der Waals surface area contributed by atoms with Crippen LogP contribution in [-0.2, 0) is 6.61 Å². The summed E-state index contributed by atoms with van der Waals surface area (Å²) in [7, 11) is 0. The highest BCUT2D eigenvalue weighted by atomic mass is 32.1. The molecule has 0 aliphatic rings. The lowest BCUT2D eigenvalue weighted by molar-refractivity contribution is 0.282. The lowest BCUT2D eigenvalue weighted by atomic mass is 10.2. The largest absolute Gasteiger partial charge is 0.485 e. The summed E-state index contributed by atoms with van der Waals surface area (Å²) in [5.74, 6) is 1.72. The van der Waals surface area contributed by atoms with Crippen LogP contribution >= 0.6 is 12.2 Å². The third-order valence-electron chi connectivity index (χ3n) is 3.26. The first kappa shape index (κ1) is 13.8. The fourth-order valence-electron chi connectivity index (χ4n) is 1.94. The van der Waals surface area contributed by atoms with Gasteiger partial charge in [0.1, 0.15) is 12.4 Å². The van der Waals surface area contributed by atoms with Crippen molar-refractivity contribution in [2.45, 2.75) is 39.8 Å². The molecule has 1 N–H and O–H groups in total. The Bertz CT molecular complexity index is 603. The quantitative estimate of drug-likeness (QED) is 0.845. The number of hydrogen-bond donors (Lipinski definition) is 1. The standard InChI is InChI=1S/C14H19N3OS/c1-4-11(3)17-13(15-16-14(17)19)9-18-12-8-6-5-7-10(12)2/h5-8,11H,4,9H2,1-3H3,(H,16,19). The zero-order valence-corrected chi connectivity index (χ0v) is 12.3. The highest BCUT2D eigenvalue weighted by Crippen LogP contribution is 2.19. The van der Waals surface area contributed by atoms with E-state index in [0.29, 0.717) is 17.4 Å². The minimum absolute atomic E-state index is 0.321. The minimum atomic E-state index is 0.321. The van der Waals surface area contributed by atoms with Gasteiger partial charge in [-0.15, -0.1) is 0 Å². The second-order valence-corrected chi connectivity index (χ2v) is 5.01. The van der Waals surface area contributed by atoms with Crippen molar-refractivity contribution in [1.82, 2.24) is 14.8 Å². The first-order valence-electron chi connectivity index (χ1n) is 6.47. The molecule has 0 saturated heterocycles. The molecule has 0 saturated carbocycles. The third kappa shape index (κ3) is 3.04. The Morgan fingerprint density at radius 2 is 2.16 bits per heavy atom. The lowest BCUT2D eigenvalue weighted by Crippen LogP contribution is -2.11. The summed E-state index contributed by atoms with van der Waals surface area (Å²) in [5, 5.41) is 7.09. The summed E-state index contributed by atoms with van der Waals surface area (Å²) in [4.78, 5) is 0. The molecule has 2 rings (SSSR count). The second kappa shape index (κ2) is 6.02. The van der Waals surface area contributed by atoms with E-state index < -0.39 is 0 Å². The van der Waals surface area contributed by atoms with E-state index in [1.54, 1.807) is 0 Å². The smallest absolute Gasteiger partial charge is 0.195 e. The summed E-state index contributed by atoms with van der Waals surface area (Å²) in [5.41, 5.74) is 1.12. The average Bonchev–Trinajstić information content (AvgIpc) is 2.78. The average molecular weight is 277 g/mol. The molecule has 1 aromatic carbocycles. The van der Waals surface area contributed by atoms with Crippen LogP contribution in [0.3, 0.4) is 0 Å². The van der Waals surface area contributed by atoms with Crippen molar-refractivity contribution in [2.75, 3.05) is 0 Å². The van der Waals surface area contributed by atoms with Gasteiger partial charge in [0.25, 0.3) is 0 Å². The Morgan fingerprint density at radius 3 is 2.84 bits per heavy atom. The van der Waals surface area contributed by atoms with E-state index in [0.717, 1.165) is 23.6 Å². The highest BCUT2D eigenvalue weighted by Gasteiger charge is 2.12. The normalized spacial score (nSPS) is 12.4. The van der Waals surface area contributed by atoms with Gasteiger partial charge in [0.2, 0.25) is 0 Å². The number of aromatic nitrogens is 3. The van der Waals surface area contributed by atoms with E-state index in [1.165, 1.54) is 0 Å². The number of aryl methyl sites for hydroxylation is 1. The van der Waals surface area contributed by atoms with Crippen LogP contribution in [0.2, 0.25) is 0 Å². The van der Waals surface area contributed by atoms with E-state index in [9.17, 15) is 0 Å². The van der Waals surface area contributed by atoms with Crippen LogP contribution in [-0.4, -0.2) is 14.8 Å². The molecule has 0 radical (unpaired) electrons. The Labute approximate surface area is 118 Å². The number of hydrogen-bond acceptors (Lipinski definition) is 3. The van der Waals surface area contributed by atoms with Crippen molar-refractivity contribution in [3.05, 3.63) is 40.4 Å². The van der Waals surface area contributed by atoms with Gasteiger partial charge < -0.3 is 4.74 Å². The number of aromatic amines is 1. The molecule has 1 atom stereocenters. The Hall–Kier alpha value is -1.62. The number of nitrogens with one attached hydrogen (secondary N) is 1. The van der Waals surface area contributed by atoms with Gasteiger partial charge in [-0.3, -0.25) is 9.67 Å². The number of nitrogens with zero attached hydrogens (tertiary/aromatic N) is 2.